The summed E-state index contributed by atoms with van der Waals surface area (Å²) in [5.74, 6) is 0.0830. The van der Waals surface area contributed by atoms with Gasteiger partial charge in [-0.3, -0.25) is 4.79 Å². The number of hydrogen-bond donors (Lipinski definition) is 2. The predicted octanol–water partition coefficient (Wildman–Crippen LogP) is 1.22. The summed E-state index contributed by atoms with van der Waals surface area (Å²) >= 11 is 5.75. The fourth-order valence-corrected chi connectivity index (χ4v) is 1.34. The molecule has 88 valence electrons. The summed E-state index contributed by atoms with van der Waals surface area (Å²) in [4.78, 5) is 12.8. The Labute approximate surface area is 99.8 Å². The molecule has 0 fully saturated rings. The molecular weight excluding hydrogens is 228 g/mol. The maximum absolute atomic E-state index is 11.3. The molecule has 0 radical (unpaired) electrons. The highest BCUT2D eigenvalue weighted by Gasteiger charge is 2.03. The van der Waals surface area contributed by atoms with Crippen LogP contribution < -0.4 is 5.32 Å². The molecule has 0 atom stereocenters. The molecular formula is C11H15ClN2O2. The number of hydrogen-bond acceptors (Lipinski definition) is 3. The average molecular weight is 243 g/mol. The van der Waals surface area contributed by atoms with Gasteiger partial charge in [0.15, 0.2) is 0 Å². The van der Waals surface area contributed by atoms with Crippen molar-refractivity contribution in [2.24, 2.45) is 0 Å². The van der Waals surface area contributed by atoms with Crippen molar-refractivity contribution < 1.29 is 9.90 Å². The molecule has 0 aliphatic carbocycles. The Kier molecular flexibility index (Phi) is 4.58. The van der Waals surface area contributed by atoms with Gasteiger partial charge in [-0.25, -0.2) is 0 Å². The van der Waals surface area contributed by atoms with E-state index in [0.717, 1.165) is 5.56 Å². The number of phenols is 1. The lowest BCUT2D eigenvalue weighted by molar-refractivity contribution is -0.127. The van der Waals surface area contributed by atoms with Crippen LogP contribution in [0, 0.1) is 0 Å². The quantitative estimate of drug-likeness (QED) is 0.835. The van der Waals surface area contributed by atoms with Gasteiger partial charge in [0.1, 0.15) is 5.75 Å². The zero-order valence-corrected chi connectivity index (χ0v) is 10.1. The first-order valence-electron chi connectivity index (χ1n) is 4.89. The van der Waals surface area contributed by atoms with E-state index in [4.69, 9.17) is 11.6 Å². The number of likely N-dealkylation sites (N-methyl/N-ethyl adjacent to an activating group) is 1. The van der Waals surface area contributed by atoms with Crippen LogP contribution in [0.4, 0.5) is 0 Å². The van der Waals surface area contributed by atoms with E-state index in [-0.39, 0.29) is 18.2 Å². The molecule has 0 bridgehead atoms. The lowest BCUT2D eigenvalue weighted by Crippen LogP contribution is -2.32. The summed E-state index contributed by atoms with van der Waals surface area (Å²) in [7, 11) is 3.42. The number of benzene rings is 1. The second-order valence-electron chi connectivity index (χ2n) is 3.68. The van der Waals surface area contributed by atoms with Crippen LogP contribution in [0.15, 0.2) is 18.2 Å². The van der Waals surface area contributed by atoms with Gasteiger partial charge in [0.25, 0.3) is 0 Å². The standard InChI is InChI=1S/C11H15ClN2O2/c1-14(2)11(16)7-13-6-8-3-4-10(15)9(12)5-8/h3-5,13,15H,6-7H2,1-2H3. The molecule has 16 heavy (non-hydrogen) atoms. The number of halogens is 1. The summed E-state index contributed by atoms with van der Waals surface area (Å²) in [6, 6.07) is 4.96. The third kappa shape index (κ3) is 3.72. The second-order valence-corrected chi connectivity index (χ2v) is 4.08. The Hall–Kier alpha value is -1.26. The number of nitrogens with one attached hydrogen (secondary N) is 1. The second kappa shape index (κ2) is 5.72. The van der Waals surface area contributed by atoms with Crippen molar-refractivity contribution >= 4 is 17.5 Å². The molecule has 0 unspecified atom stereocenters. The number of rotatable bonds is 4. The van der Waals surface area contributed by atoms with Crippen LogP contribution in [0.1, 0.15) is 5.56 Å². The highest BCUT2D eigenvalue weighted by Crippen LogP contribution is 2.23. The minimum Gasteiger partial charge on any atom is -0.506 e. The van der Waals surface area contributed by atoms with E-state index in [9.17, 15) is 9.90 Å². The first-order chi connectivity index (χ1) is 7.50. The number of aromatic hydroxyl groups is 1. The highest BCUT2D eigenvalue weighted by atomic mass is 35.5. The molecule has 0 aromatic heterocycles. The number of phenolic OH excluding ortho intramolecular Hbond substituents is 1. The van der Waals surface area contributed by atoms with E-state index in [0.29, 0.717) is 11.6 Å². The summed E-state index contributed by atoms with van der Waals surface area (Å²) < 4.78 is 0. The van der Waals surface area contributed by atoms with Gasteiger partial charge in [-0.1, -0.05) is 17.7 Å². The SMILES string of the molecule is CN(C)C(=O)CNCc1ccc(O)c(Cl)c1. The number of nitrogens with zero attached hydrogens (tertiary/aromatic N) is 1. The Morgan fingerprint density at radius 3 is 2.75 bits per heavy atom. The van der Waals surface area contributed by atoms with Crippen molar-refractivity contribution in [2.45, 2.75) is 6.54 Å². The van der Waals surface area contributed by atoms with E-state index in [1.807, 2.05) is 0 Å². The highest BCUT2D eigenvalue weighted by molar-refractivity contribution is 6.32. The van der Waals surface area contributed by atoms with E-state index < -0.39 is 0 Å². The molecule has 0 aliphatic rings. The van der Waals surface area contributed by atoms with Crippen LogP contribution in [0.5, 0.6) is 5.75 Å². The predicted molar refractivity (Wildman–Crippen MR) is 63.5 cm³/mol. The molecule has 4 nitrogen and oxygen atoms in total. The normalized spacial score (nSPS) is 10.2. The molecule has 1 aromatic rings. The van der Waals surface area contributed by atoms with Gasteiger partial charge >= 0.3 is 0 Å². The van der Waals surface area contributed by atoms with Crippen molar-refractivity contribution in [1.29, 1.82) is 0 Å². The molecule has 0 aliphatic heterocycles. The zero-order chi connectivity index (χ0) is 12.1. The van der Waals surface area contributed by atoms with Crippen molar-refractivity contribution in [3.05, 3.63) is 28.8 Å². The molecule has 0 saturated carbocycles. The molecule has 0 saturated heterocycles. The van der Waals surface area contributed by atoms with Crippen LogP contribution in [0.2, 0.25) is 5.02 Å². The molecule has 0 heterocycles. The molecule has 5 heteroatoms. The van der Waals surface area contributed by atoms with E-state index in [2.05, 4.69) is 5.32 Å². The van der Waals surface area contributed by atoms with Gasteiger partial charge < -0.3 is 15.3 Å². The topological polar surface area (TPSA) is 52.6 Å². The van der Waals surface area contributed by atoms with Crippen LogP contribution in [0.25, 0.3) is 0 Å². The molecule has 1 aromatic carbocycles. The van der Waals surface area contributed by atoms with E-state index in [1.54, 1.807) is 26.2 Å². The molecule has 1 amide bonds. The van der Waals surface area contributed by atoms with Crippen LogP contribution >= 0.6 is 11.6 Å². The Morgan fingerprint density at radius 2 is 2.19 bits per heavy atom. The van der Waals surface area contributed by atoms with E-state index in [1.165, 1.54) is 11.0 Å². The Balaban J connectivity index is 2.43. The van der Waals surface area contributed by atoms with Crippen molar-refractivity contribution in [3.8, 4) is 5.75 Å². The maximum Gasteiger partial charge on any atom is 0.236 e. The van der Waals surface area contributed by atoms with Gasteiger partial charge in [-0.05, 0) is 17.7 Å². The zero-order valence-electron chi connectivity index (χ0n) is 9.33. The third-order valence-electron chi connectivity index (χ3n) is 2.12. The van der Waals surface area contributed by atoms with Crippen LogP contribution in [-0.2, 0) is 11.3 Å². The monoisotopic (exact) mass is 242 g/mol. The van der Waals surface area contributed by atoms with Crippen molar-refractivity contribution in [3.63, 3.8) is 0 Å². The van der Waals surface area contributed by atoms with E-state index >= 15 is 0 Å². The fraction of sp³-hybridized carbons (Fsp3) is 0.364. The Morgan fingerprint density at radius 1 is 1.50 bits per heavy atom. The smallest absolute Gasteiger partial charge is 0.236 e. The van der Waals surface area contributed by atoms with Gasteiger partial charge in [0.2, 0.25) is 5.91 Å². The minimum atomic E-state index is 0.0184. The van der Waals surface area contributed by atoms with Gasteiger partial charge in [0, 0.05) is 20.6 Å². The molecule has 1 rings (SSSR count). The van der Waals surface area contributed by atoms with Crippen LogP contribution in [0.3, 0.4) is 0 Å². The summed E-state index contributed by atoms with van der Waals surface area (Å²) in [6.45, 7) is 0.824. The number of carbonyl (C=O) groups excluding carboxylic acids is 1. The number of carbonyl (C=O) groups is 1. The first-order valence-corrected chi connectivity index (χ1v) is 5.26. The average Bonchev–Trinajstić information content (AvgIpc) is 2.23. The summed E-state index contributed by atoms with van der Waals surface area (Å²) in [6.07, 6.45) is 0. The van der Waals surface area contributed by atoms with Crippen molar-refractivity contribution in [2.75, 3.05) is 20.6 Å². The molecule has 2 N–H and O–H groups in total. The lowest BCUT2D eigenvalue weighted by atomic mass is 10.2. The fourth-order valence-electron chi connectivity index (χ4n) is 1.13. The lowest BCUT2D eigenvalue weighted by Gasteiger charge is -2.11. The summed E-state index contributed by atoms with van der Waals surface area (Å²) in [5.41, 5.74) is 0.925. The summed E-state index contributed by atoms with van der Waals surface area (Å²) in [5, 5.41) is 12.5. The van der Waals surface area contributed by atoms with Crippen LogP contribution in [-0.4, -0.2) is 36.6 Å². The minimum absolute atomic E-state index is 0.0184. The number of amides is 1. The maximum atomic E-state index is 11.3. The largest absolute Gasteiger partial charge is 0.506 e. The van der Waals surface area contributed by atoms with Gasteiger partial charge in [-0.15, -0.1) is 0 Å². The van der Waals surface area contributed by atoms with Gasteiger partial charge in [-0.2, -0.15) is 0 Å². The van der Waals surface area contributed by atoms with Crippen molar-refractivity contribution in [1.82, 2.24) is 10.2 Å². The van der Waals surface area contributed by atoms with Gasteiger partial charge in [0.05, 0.1) is 11.6 Å². The third-order valence-corrected chi connectivity index (χ3v) is 2.42. The Bertz CT molecular complexity index is 380. The molecule has 0 spiro atoms. The first kappa shape index (κ1) is 12.8.